The van der Waals surface area contributed by atoms with Crippen molar-refractivity contribution in [2.24, 2.45) is 0 Å². The summed E-state index contributed by atoms with van der Waals surface area (Å²) in [7, 11) is 0. The number of carbonyl (C=O) groups is 1. The van der Waals surface area contributed by atoms with E-state index in [1.165, 1.54) is 23.1 Å². The minimum atomic E-state index is -0.268. The van der Waals surface area contributed by atoms with Gasteiger partial charge in [-0.05, 0) is 30.8 Å². The fraction of sp³-hybridized carbons (Fsp3) is 0.364. The van der Waals surface area contributed by atoms with Crippen LogP contribution in [0.5, 0.6) is 0 Å². The molecule has 100 valence electrons. The number of esters is 1. The van der Waals surface area contributed by atoms with Crippen LogP contribution in [-0.4, -0.2) is 27.5 Å². The van der Waals surface area contributed by atoms with Gasteiger partial charge in [-0.3, -0.25) is 4.79 Å². The second-order valence-electron chi connectivity index (χ2n) is 4.07. The maximum atomic E-state index is 11.5. The first kappa shape index (κ1) is 13.0. The van der Waals surface area contributed by atoms with Gasteiger partial charge in [-0.25, -0.2) is 0 Å². The minimum absolute atomic E-state index is 0.0523. The van der Waals surface area contributed by atoms with E-state index in [2.05, 4.69) is 10.2 Å². The third-order valence-electron chi connectivity index (χ3n) is 2.56. The average Bonchev–Trinajstić information content (AvgIpc) is 3.02. The van der Waals surface area contributed by atoms with E-state index >= 15 is 0 Å². The number of rotatable bonds is 3. The Kier molecular flexibility index (Phi) is 3.51. The lowest BCUT2D eigenvalue weighted by Crippen LogP contribution is -2.09. The van der Waals surface area contributed by atoms with Crippen LogP contribution in [0.4, 0.5) is 0 Å². The van der Waals surface area contributed by atoms with Gasteiger partial charge in [0.15, 0.2) is 0 Å². The molecule has 3 rings (SSSR count). The van der Waals surface area contributed by atoms with Gasteiger partial charge < -0.3 is 9.15 Å². The van der Waals surface area contributed by atoms with Gasteiger partial charge in [0.25, 0.3) is 11.1 Å². The molecule has 2 atom stereocenters. The highest BCUT2D eigenvalue weighted by atomic mass is 35.5. The summed E-state index contributed by atoms with van der Waals surface area (Å²) in [5.41, 5.74) is 0. The van der Waals surface area contributed by atoms with Gasteiger partial charge in [-0.1, -0.05) is 11.6 Å². The highest BCUT2D eigenvalue weighted by Crippen LogP contribution is 2.35. The Hall–Kier alpha value is -1.05. The maximum Gasteiger partial charge on any atom is 0.320 e. The normalized spacial score (nSPS) is 22.7. The van der Waals surface area contributed by atoms with E-state index in [1.54, 1.807) is 6.07 Å². The van der Waals surface area contributed by atoms with Crippen LogP contribution in [0.15, 0.2) is 21.8 Å². The van der Waals surface area contributed by atoms with E-state index in [-0.39, 0.29) is 17.3 Å². The van der Waals surface area contributed by atoms with Gasteiger partial charge in [0, 0.05) is 6.42 Å². The highest BCUT2D eigenvalue weighted by Gasteiger charge is 2.34. The largest absolute Gasteiger partial charge is 0.462 e. The Morgan fingerprint density at radius 2 is 2.32 bits per heavy atom. The zero-order valence-corrected chi connectivity index (χ0v) is 12.2. The lowest BCUT2D eigenvalue weighted by molar-refractivity contribution is -0.140. The van der Waals surface area contributed by atoms with Crippen molar-refractivity contribution in [3.63, 3.8) is 0 Å². The summed E-state index contributed by atoms with van der Waals surface area (Å²) in [6.07, 6.45) is 0.606. The number of thioether (sulfide) groups is 1. The highest BCUT2D eigenvalue weighted by molar-refractivity contribution is 8.00. The van der Waals surface area contributed by atoms with E-state index in [0.717, 1.165) is 4.88 Å². The summed E-state index contributed by atoms with van der Waals surface area (Å²) in [4.78, 5) is 12.3. The summed E-state index contributed by atoms with van der Waals surface area (Å²) in [5, 5.41) is 7.98. The second kappa shape index (κ2) is 5.15. The molecule has 2 unspecified atom stereocenters. The van der Waals surface area contributed by atoms with Crippen molar-refractivity contribution in [1.82, 2.24) is 10.2 Å². The van der Waals surface area contributed by atoms with Crippen LogP contribution < -0.4 is 0 Å². The Balaban J connectivity index is 1.73. The SMILES string of the molecule is CC1CC(Sc2nnc(-c3ccc(Cl)s3)o2)C(=O)O1. The fourth-order valence-corrected chi connectivity index (χ4v) is 3.67. The summed E-state index contributed by atoms with van der Waals surface area (Å²) in [6.45, 7) is 1.87. The molecule has 0 amide bonds. The Bertz CT molecular complexity index is 613. The molecule has 1 fully saturated rings. The molecule has 0 saturated carbocycles. The van der Waals surface area contributed by atoms with Gasteiger partial charge in [0.1, 0.15) is 11.4 Å². The van der Waals surface area contributed by atoms with E-state index in [9.17, 15) is 4.79 Å². The molecule has 2 aromatic heterocycles. The monoisotopic (exact) mass is 316 g/mol. The van der Waals surface area contributed by atoms with Crippen molar-refractivity contribution in [2.75, 3.05) is 0 Å². The average molecular weight is 317 g/mol. The number of halogens is 1. The molecule has 1 aliphatic rings. The predicted octanol–water partition coefficient (Wildman–Crippen LogP) is 3.25. The van der Waals surface area contributed by atoms with Crippen molar-refractivity contribution in [3.8, 4) is 10.8 Å². The molecule has 0 aromatic carbocycles. The third-order valence-corrected chi connectivity index (χ3v) is 4.81. The number of carbonyl (C=O) groups excluding carboxylic acids is 1. The van der Waals surface area contributed by atoms with E-state index < -0.39 is 0 Å². The summed E-state index contributed by atoms with van der Waals surface area (Å²) in [6, 6.07) is 3.59. The molecule has 0 N–H and O–H groups in total. The van der Waals surface area contributed by atoms with Crippen molar-refractivity contribution in [1.29, 1.82) is 0 Å². The third kappa shape index (κ3) is 2.77. The zero-order chi connectivity index (χ0) is 13.4. The van der Waals surface area contributed by atoms with Crippen LogP contribution in [0.25, 0.3) is 10.8 Å². The number of aromatic nitrogens is 2. The number of hydrogen-bond donors (Lipinski definition) is 0. The molecular weight excluding hydrogens is 308 g/mol. The van der Waals surface area contributed by atoms with Crippen molar-refractivity contribution in [2.45, 2.75) is 29.9 Å². The van der Waals surface area contributed by atoms with Crippen LogP contribution in [0.2, 0.25) is 4.34 Å². The number of cyclic esters (lactones) is 1. The number of nitrogens with zero attached hydrogens (tertiary/aromatic N) is 2. The number of thiophene rings is 1. The van der Waals surface area contributed by atoms with Gasteiger partial charge in [0.05, 0.1) is 9.21 Å². The molecule has 0 spiro atoms. The molecule has 0 radical (unpaired) electrons. The first-order valence-electron chi connectivity index (χ1n) is 5.58. The predicted molar refractivity (Wildman–Crippen MR) is 72.4 cm³/mol. The topological polar surface area (TPSA) is 65.2 Å². The zero-order valence-electron chi connectivity index (χ0n) is 9.83. The van der Waals surface area contributed by atoms with Gasteiger partial charge >= 0.3 is 5.97 Å². The maximum absolute atomic E-state index is 11.5. The smallest absolute Gasteiger partial charge is 0.320 e. The Labute approximate surface area is 122 Å². The first-order valence-corrected chi connectivity index (χ1v) is 7.65. The van der Waals surface area contributed by atoms with Crippen LogP contribution in [-0.2, 0) is 9.53 Å². The first-order chi connectivity index (χ1) is 9.11. The van der Waals surface area contributed by atoms with Crippen LogP contribution in [0.1, 0.15) is 13.3 Å². The summed E-state index contributed by atoms with van der Waals surface area (Å²) >= 11 is 8.46. The van der Waals surface area contributed by atoms with E-state index in [1.807, 2.05) is 13.0 Å². The van der Waals surface area contributed by atoms with E-state index in [0.29, 0.717) is 21.9 Å². The molecule has 0 bridgehead atoms. The molecule has 8 heteroatoms. The molecular formula is C11H9ClN2O3S2. The minimum Gasteiger partial charge on any atom is -0.462 e. The van der Waals surface area contributed by atoms with Crippen LogP contribution >= 0.6 is 34.7 Å². The van der Waals surface area contributed by atoms with E-state index in [4.69, 9.17) is 20.8 Å². The fourth-order valence-electron chi connectivity index (χ4n) is 1.72. The van der Waals surface area contributed by atoms with Crippen molar-refractivity contribution >= 4 is 40.7 Å². The molecule has 2 aromatic rings. The van der Waals surface area contributed by atoms with Crippen molar-refractivity contribution in [3.05, 3.63) is 16.5 Å². The number of hydrogen-bond acceptors (Lipinski definition) is 7. The lowest BCUT2D eigenvalue weighted by Gasteiger charge is -1.98. The molecule has 0 aliphatic carbocycles. The van der Waals surface area contributed by atoms with Gasteiger partial charge in [0.2, 0.25) is 0 Å². The second-order valence-corrected chi connectivity index (χ2v) is 6.94. The summed E-state index contributed by atoms with van der Waals surface area (Å²) in [5.74, 6) is 0.190. The quantitative estimate of drug-likeness (QED) is 0.810. The number of ether oxygens (including phenoxy) is 1. The molecule has 1 aliphatic heterocycles. The standard InChI is InChI=1S/C11H9ClN2O3S2/c1-5-4-7(10(15)16-5)19-11-14-13-9(17-11)6-2-3-8(12)18-6/h2-3,5,7H,4H2,1H3. The summed E-state index contributed by atoms with van der Waals surface area (Å²) < 4.78 is 11.3. The van der Waals surface area contributed by atoms with Crippen molar-refractivity contribution < 1.29 is 13.9 Å². The molecule has 19 heavy (non-hydrogen) atoms. The Morgan fingerprint density at radius 3 is 2.95 bits per heavy atom. The Morgan fingerprint density at radius 1 is 1.47 bits per heavy atom. The lowest BCUT2D eigenvalue weighted by atomic mass is 10.3. The van der Waals surface area contributed by atoms with Gasteiger partial charge in [-0.15, -0.1) is 21.5 Å². The van der Waals surface area contributed by atoms with Crippen LogP contribution in [0, 0.1) is 0 Å². The molecule has 5 nitrogen and oxygen atoms in total. The van der Waals surface area contributed by atoms with Crippen LogP contribution in [0.3, 0.4) is 0 Å². The molecule has 3 heterocycles. The van der Waals surface area contributed by atoms with Gasteiger partial charge in [-0.2, -0.15) is 0 Å². The molecule has 1 saturated heterocycles.